The van der Waals surface area contributed by atoms with E-state index >= 15 is 0 Å². The third-order valence-electron chi connectivity index (χ3n) is 5.48. The van der Waals surface area contributed by atoms with Crippen molar-refractivity contribution in [3.05, 3.63) is 92.1 Å². The fourth-order valence-corrected chi connectivity index (χ4v) is 4.03. The molecule has 0 amide bonds. The van der Waals surface area contributed by atoms with E-state index in [1.165, 1.54) is 9.13 Å². The second kappa shape index (κ2) is 8.20. The smallest absolute Gasteiger partial charge is 0.332 e. The number of aryl methyl sites for hydroxylation is 1. The third kappa shape index (κ3) is 3.52. The molecular weight excluding hydrogens is 380 g/mol. The highest BCUT2D eigenvalue weighted by atomic mass is 16.3. The van der Waals surface area contributed by atoms with Crippen LogP contribution in [0.25, 0.3) is 0 Å². The van der Waals surface area contributed by atoms with Gasteiger partial charge in [0, 0.05) is 26.7 Å². The van der Waals surface area contributed by atoms with Crippen LogP contribution in [0.1, 0.15) is 29.3 Å². The van der Waals surface area contributed by atoms with Gasteiger partial charge in [-0.1, -0.05) is 60.2 Å². The first-order valence-corrected chi connectivity index (χ1v) is 10.1. The van der Waals surface area contributed by atoms with E-state index in [2.05, 4.69) is 16.3 Å². The summed E-state index contributed by atoms with van der Waals surface area (Å²) in [5, 5.41) is 12.5. The fourth-order valence-electron chi connectivity index (χ4n) is 4.03. The Labute approximate surface area is 174 Å². The molecule has 2 N–H and O–H groups in total. The molecule has 156 valence electrons. The Morgan fingerprint density at radius 2 is 1.83 bits per heavy atom. The molecule has 0 spiro atoms. The molecule has 3 aromatic rings. The van der Waals surface area contributed by atoms with Gasteiger partial charge in [-0.05, 0) is 24.5 Å². The Kier molecular flexibility index (Phi) is 5.46. The molecule has 1 atom stereocenters. The summed E-state index contributed by atoms with van der Waals surface area (Å²) in [6, 6.07) is 18.1. The van der Waals surface area contributed by atoms with Crippen molar-refractivity contribution in [1.82, 2.24) is 9.13 Å². The molecule has 2 heterocycles. The topological polar surface area (TPSA) is 79.5 Å². The van der Waals surface area contributed by atoms with Crippen LogP contribution in [0, 0.1) is 6.92 Å². The highest BCUT2D eigenvalue weighted by molar-refractivity contribution is 5.72. The van der Waals surface area contributed by atoms with Crippen LogP contribution >= 0.6 is 0 Å². The molecule has 4 rings (SSSR count). The van der Waals surface area contributed by atoms with E-state index in [1.54, 1.807) is 7.05 Å². The van der Waals surface area contributed by atoms with Crippen LogP contribution in [0.5, 0.6) is 0 Å². The van der Waals surface area contributed by atoms with Crippen LogP contribution in [0.15, 0.2) is 64.2 Å². The van der Waals surface area contributed by atoms with E-state index in [4.69, 9.17) is 5.11 Å². The molecule has 0 saturated carbocycles. The molecule has 0 bridgehead atoms. The van der Waals surface area contributed by atoms with Crippen molar-refractivity contribution in [1.29, 1.82) is 0 Å². The van der Waals surface area contributed by atoms with E-state index in [0.29, 0.717) is 24.5 Å². The number of benzene rings is 2. The van der Waals surface area contributed by atoms with Gasteiger partial charge in [0.15, 0.2) is 0 Å². The molecule has 1 aliphatic rings. The number of nitrogens with zero attached hydrogens (tertiary/aromatic N) is 3. The minimum Gasteiger partial charge on any atom is -0.396 e. The first-order valence-electron chi connectivity index (χ1n) is 10.1. The maximum atomic E-state index is 13.2. The summed E-state index contributed by atoms with van der Waals surface area (Å²) in [5.74, 6) is 0.584. The molecule has 0 radical (unpaired) electrons. The van der Waals surface area contributed by atoms with Crippen molar-refractivity contribution >= 4 is 11.5 Å². The van der Waals surface area contributed by atoms with Gasteiger partial charge in [0.2, 0.25) is 0 Å². The SMILES string of the molecule is Cc1cccc(C2Nc3c(n(C)c(=O)n(CCCO)c3=O)N2Cc2ccccc2)c1. The molecule has 0 fully saturated rings. The highest BCUT2D eigenvalue weighted by Crippen LogP contribution is 2.39. The van der Waals surface area contributed by atoms with Crippen molar-refractivity contribution in [2.75, 3.05) is 16.8 Å². The van der Waals surface area contributed by atoms with Crippen molar-refractivity contribution in [2.24, 2.45) is 7.05 Å². The summed E-state index contributed by atoms with van der Waals surface area (Å²) in [5.41, 5.74) is 2.92. The van der Waals surface area contributed by atoms with Gasteiger partial charge in [-0.15, -0.1) is 0 Å². The molecule has 0 aliphatic carbocycles. The van der Waals surface area contributed by atoms with E-state index in [0.717, 1.165) is 16.7 Å². The number of hydrogen-bond acceptors (Lipinski definition) is 5. The van der Waals surface area contributed by atoms with E-state index in [1.807, 2.05) is 55.5 Å². The molecular formula is C23H26N4O3. The lowest BCUT2D eigenvalue weighted by Crippen LogP contribution is -2.40. The summed E-state index contributed by atoms with van der Waals surface area (Å²) >= 11 is 0. The van der Waals surface area contributed by atoms with Crippen LogP contribution in [-0.4, -0.2) is 20.8 Å². The zero-order chi connectivity index (χ0) is 21.3. The van der Waals surface area contributed by atoms with Gasteiger partial charge in [0.1, 0.15) is 17.7 Å². The van der Waals surface area contributed by atoms with Crippen molar-refractivity contribution in [2.45, 2.75) is 32.6 Å². The Bertz CT molecular complexity index is 1170. The van der Waals surface area contributed by atoms with Gasteiger partial charge in [-0.2, -0.15) is 0 Å². The summed E-state index contributed by atoms with van der Waals surface area (Å²) in [6.45, 7) is 2.69. The lowest BCUT2D eigenvalue weighted by molar-refractivity contribution is 0.277. The number of hydrogen-bond donors (Lipinski definition) is 2. The first kappa shape index (κ1) is 20.0. The molecule has 1 aliphatic heterocycles. The summed E-state index contributed by atoms with van der Waals surface area (Å²) in [7, 11) is 1.69. The minimum absolute atomic E-state index is 0.0772. The molecule has 2 aromatic carbocycles. The van der Waals surface area contributed by atoms with E-state index in [-0.39, 0.29) is 30.6 Å². The number of rotatable bonds is 6. The second-order valence-corrected chi connectivity index (χ2v) is 7.65. The highest BCUT2D eigenvalue weighted by Gasteiger charge is 2.35. The Morgan fingerprint density at radius 1 is 1.07 bits per heavy atom. The number of aliphatic hydroxyl groups is 1. The summed E-state index contributed by atoms with van der Waals surface area (Å²) in [4.78, 5) is 28.2. The zero-order valence-corrected chi connectivity index (χ0v) is 17.2. The molecule has 1 aromatic heterocycles. The Hall–Kier alpha value is -3.32. The van der Waals surface area contributed by atoms with E-state index in [9.17, 15) is 9.59 Å². The molecule has 7 nitrogen and oxygen atoms in total. The predicted molar refractivity (Wildman–Crippen MR) is 118 cm³/mol. The standard InChI is InChI=1S/C23H26N4O3/c1-16-8-6-11-18(14-16)20-24-19-21(27(20)15-17-9-4-3-5-10-17)25(2)23(30)26(22(19)29)12-7-13-28/h3-6,8-11,14,20,24,28H,7,12-13,15H2,1-2H3. The number of aliphatic hydroxyl groups excluding tert-OH is 1. The van der Waals surface area contributed by atoms with Crippen molar-refractivity contribution in [3.63, 3.8) is 0 Å². The van der Waals surface area contributed by atoms with Gasteiger partial charge < -0.3 is 15.3 Å². The van der Waals surface area contributed by atoms with Crippen LogP contribution in [-0.2, 0) is 20.1 Å². The van der Waals surface area contributed by atoms with Gasteiger partial charge in [0.05, 0.1) is 0 Å². The third-order valence-corrected chi connectivity index (χ3v) is 5.48. The average molecular weight is 406 g/mol. The number of aromatic nitrogens is 2. The first-order chi connectivity index (χ1) is 14.5. The molecule has 1 unspecified atom stereocenters. The average Bonchev–Trinajstić information content (AvgIpc) is 3.12. The zero-order valence-electron chi connectivity index (χ0n) is 17.2. The molecule has 7 heteroatoms. The second-order valence-electron chi connectivity index (χ2n) is 7.65. The van der Waals surface area contributed by atoms with Crippen LogP contribution in [0.3, 0.4) is 0 Å². The van der Waals surface area contributed by atoms with Crippen LogP contribution in [0.2, 0.25) is 0 Å². The minimum atomic E-state index is -0.378. The monoisotopic (exact) mass is 406 g/mol. The quantitative estimate of drug-likeness (QED) is 0.657. The lowest BCUT2D eigenvalue weighted by atomic mass is 10.1. The molecule has 0 saturated heterocycles. The largest absolute Gasteiger partial charge is 0.396 e. The van der Waals surface area contributed by atoms with Gasteiger partial charge >= 0.3 is 5.69 Å². The molecule has 30 heavy (non-hydrogen) atoms. The number of anilines is 2. The fraction of sp³-hybridized carbons (Fsp3) is 0.304. The number of nitrogens with one attached hydrogen (secondary N) is 1. The van der Waals surface area contributed by atoms with Gasteiger partial charge in [0.25, 0.3) is 5.56 Å². The van der Waals surface area contributed by atoms with Crippen LogP contribution < -0.4 is 21.5 Å². The predicted octanol–water partition coefficient (Wildman–Crippen LogP) is 2.37. The Balaban J connectivity index is 1.86. The Morgan fingerprint density at radius 3 is 2.53 bits per heavy atom. The van der Waals surface area contributed by atoms with Gasteiger partial charge in [-0.25, -0.2) is 4.79 Å². The lowest BCUT2D eigenvalue weighted by Gasteiger charge is -2.28. The van der Waals surface area contributed by atoms with Crippen LogP contribution in [0.4, 0.5) is 11.5 Å². The summed E-state index contributed by atoms with van der Waals surface area (Å²) < 4.78 is 2.72. The van der Waals surface area contributed by atoms with E-state index < -0.39 is 0 Å². The van der Waals surface area contributed by atoms with Crippen molar-refractivity contribution in [3.8, 4) is 0 Å². The number of fused-ring (bicyclic) bond motifs is 1. The van der Waals surface area contributed by atoms with Gasteiger partial charge in [-0.3, -0.25) is 13.9 Å². The summed E-state index contributed by atoms with van der Waals surface area (Å²) in [6.07, 6.45) is 0.0790. The maximum absolute atomic E-state index is 13.2. The van der Waals surface area contributed by atoms with Crippen molar-refractivity contribution < 1.29 is 5.11 Å². The maximum Gasteiger partial charge on any atom is 0.332 e. The normalized spacial score (nSPS) is 15.2.